The van der Waals surface area contributed by atoms with Crippen molar-refractivity contribution in [2.24, 2.45) is 5.41 Å². The van der Waals surface area contributed by atoms with E-state index in [1.165, 1.54) is 6.42 Å². The Morgan fingerprint density at radius 1 is 1.19 bits per heavy atom. The van der Waals surface area contributed by atoms with Crippen molar-refractivity contribution in [1.29, 1.82) is 0 Å². The van der Waals surface area contributed by atoms with Gasteiger partial charge in [-0.1, -0.05) is 32.0 Å². The molecular formula is C14H21NO. The Kier molecular flexibility index (Phi) is 2.94. The van der Waals surface area contributed by atoms with Crippen LogP contribution in [0.1, 0.15) is 33.1 Å². The van der Waals surface area contributed by atoms with Crippen molar-refractivity contribution in [3.63, 3.8) is 0 Å². The topological polar surface area (TPSA) is 32.3 Å². The van der Waals surface area contributed by atoms with Crippen LogP contribution in [0.4, 0.5) is 5.69 Å². The Morgan fingerprint density at radius 3 is 2.38 bits per heavy atom. The van der Waals surface area contributed by atoms with Crippen LogP contribution in [0.25, 0.3) is 0 Å². The van der Waals surface area contributed by atoms with Gasteiger partial charge < -0.3 is 10.4 Å². The van der Waals surface area contributed by atoms with Gasteiger partial charge in [-0.3, -0.25) is 0 Å². The fourth-order valence-corrected chi connectivity index (χ4v) is 2.78. The van der Waals surface area contributed by atoms with Gasteiger partial charge in [0, 0.05) is 5.69 Å². The number of para-hydroxylation sites is 1. The molecule has 0 radical (unpaired) electrons. The van der Waals surface area contributed by atoms with E-state index < -0.39 is 0 Å². The summed E-state index contributed by atoms with van der Waals surface area (Å²) in [4.78, 5) is 0. The van der Waals surface area contributed by atoms with E-state index in [1.54, 1.807) is 0 Å². The molecule has 1 aliphatic carbocycles. The largest absolute Gasteiger partial charge is 0.394 e. The molecule has 1 aliphatic rings. The van der Waals surface area contributed by atoms with Gasteiger partial charge in [-0.15, -0.1) is 0 Å². The van der Waals surface area contributed by atoms with Crippen molar-refractivity contribution < 1.29 is 5.11 Å². The molecule has 0 bridgehead atoms. The second kappa shape index (κ2) is 4.10. The maximum atomic E-state index is 9.65. The molecule has 1 saturated carbocycles. The van der Waals surface area contributed by atoms with Gasteiger partial charge in [0.15, 0.2) is 0 Å². The van der Waals surface area contributed by atoms with Crippen molar-refractivity contribution in [2.75, 3.05) is 11.9 Å². The number of nitrogens with one attached hydrogen (secondary N) is 1. The minimum atomic E-state index is -0.120. The fourth-order valence-electron chi connectivity index (χ4n) is 2.78. The third kappa shape index (κ3) is 2.38. The van der Waals surface area contributed by atoms with Gasteiger partial charge in [-0.25, -0.2) is 0 Å². The molecule has 0 saturated heterocycles. The first kappa shape index (κ1) is 11.5. The average Bonchev–Trinajstić information content (AvgIpc) is 2.57. The maximum Gasteiger partial charge on any atom is 0.0661 e. The molecule has 2 heteroatoms. The summed E-state index contributed by atoms with van der Waals surface area (Å²) in [5.74, 6) is 0. The Hall–Kier alpha value is -1.02. The molecule has 0 spiro atoms. The van der Waals surface area contributed by atoms with E-state index in [0.717, 1.165) is 18.5 Å². The number of benzene rings is 1. The molecule has 0 aromatic heterocycles. The predicted molar refractivity (Wildman–Crippen MR) is 67.5 cm³/mol. The van der Waals surface area contributed by atoms with Crippen LogP contribution in [0.2, 0.25) is 0 Å². The molecule has 16 heavy (non-hydrogen) atoms. The highest BCUT2D eigenvalue weighted by molar-refractivity contribution is 5.45. The minimum Gasteiger partial charge on any atom is -0.394 e. The van der Waals surface area contributed by atoms with Gasteiger partial charge in [-0.05, 0) is 36.8 Å². The third-order valence-corrected chi connectivity index (χ3v) is 3.58. The van der Waals surface area contributed by atoms with E-state index in [4.69, 9.17) is 0 Å². The van der Waals surface area contributed by atoms with Crippen LogP contribution >= 0.6 is 0 Å². The van der Waals surface area contributed by atoms with Crippen molar-refractivity contribution >= 4 is 5.69 Å². The SMILES string of the molecule is CC1(C)CCC(CO)(Nc2ccccc2)C1. The summed E-state index contributed by atoms with van der Waals surface area (Å²) >= 11 is 0. The van der Waals surface area contributed by atoms with Gasteiger partial charge >= 0.3 is 0 Å². The van der Waals surface area contributed by atoms with Crippen molar-refractivity contribution in [3.8, 4) is 0 Å². The van der Waals surface area contributed by atoms with Gasteiger partial charge in [0.05, 0.1) is 12.1 Å². The smallest absolute Gasteiger partial charge is 0.0661 e. The molecule has 1 fully saturated rings. The Bertz CT molecular complexity index is 347. The molecule has 1 unspecified atom stereocenters. The van der Waals surface area contributed by atoms with Crippen LogP contribution in [-0.4, -0.2) is 17.3 Å². The quantitative estimate of drug-likeness (QED) is 0.819. The summed E-state index contributed by atoms with van der Waals surface area (Å²) in [6.45, 7) is 4.76. The lowest BCUT2D eigenvalue weighted by molar-refractivity contribution is 0.202. The number of aliphatic hydroxyl groups is 1. The highest BCUT2D eigenvalue weighted by Crippen LogP contribution is 2.44. The second-order valence-corrected chi connectivity index (χ2v) is 5.77. The molecule has 88 valence electrons. The first-order valence-electron chi connectivity index (χ1n) is 5.99. The standard InChI is InChI=1S/C14H21NO/c1-13(2)8-9-14(10-13,11-16)15-12-6-4-3-5-7-12/h3-7,15-16H,8-11H2,1-2H3. The minimum absolute atomic E-state index is 0.120. The average molecular weight is 219 g/mol. The van der Waals surface area contributed by atoms with Crippen molar-refractivity contribution in [2.45, 2.75) is 38.6 Å². The summed E-state index contributed by atoms with van der Waals surface area (Å²) in [7, 11) is 0. The zero-order valence-electron chi connectivity index (χ0n) is 10.2. The highest BCUT2D eigenvalue weighted by atomic mass is 16.3. The summed E-state index contributed by atoms with van der Waals surface area (Å²) in [6, 6.07) is 10.2. The molecule has 1 atom stereocenters. The zero-order chi connectivity index (χ0) is 11.6. The zero-order valence-corrected chi connectivity index (χ0v) is 10.2. The van der Waals surface area contributed by atoms with Crippen LogP contribution in [0.15, 0.2) is 30.3 Å². The molecular weight excluding hydrogens is 198 g/mol. The number of hydrogen-bond donors (Lipinski definition) is 2. The van der Waals surface area contributed by atoms with E-state index in [1.807, 2.05) is 18.2 Å². The number of aliphatic hydroxyl groups excluding tert-OH is 1. The monoisotopic (exact) mass is 219 g/mol. The van der Waals surface area contributed by atoms with Crippen LogP contribution in [0, 0.1) is 5.41 Å². The normalized spacial score (nSPS) is 27.9. The lowest BCUT2D eigenvalue weighted by Crippen LogP contribution is -2.40. The molecule has 0 amide bonds. The lowest BCUT2D eigenvalue weighted by atomic mass is 9.88. The molecule has 2 nitrogen and oxygen atoms in total. The summed E-state index contributed by atoms with van der Waals surface area (Å²) < 4.78 is 0. The van der Waals surface area contributed by atoms with Crippen LogP contribution < -0.4 is 5.32 Å². The summed E-state index contributed by atoms with van der Waals surface area (Å²) in [5, 5.41) is 13.2. The molecule has 0 heterocycles. The second-order valence-electron chi connectivity index (χ2n) is 5.77. The van der Waals surface area contributed by atoms with E-state index in [-0.39, 0.29) is 12.1 Å². The first-order valence-corrected chi connectivity index (χ1v) is 5.99. The Balaban J connectivity index is 2.13. The molecule has 2 rings (SSSR count). The van der Waals surface area contributed by atoms with Crippen molar-refractivity contribution in [1.82, 2.24) is 0 Å². The molecule has 1 aromatic rings. The summed E-state index contributed by atoms with van der Waals surface area (Å²) in [6.07, 6.45) is 3.25. The molecule has 1 aromatic carbocycles. The number of anilines is 1. The van der Waals surface area contributed by atoms with Crippen LogP contribution in [0.3, 0.4) is 0 Å². The van der Waals surface area contributed by atoms with E-state index in [9.17, 15) is 5.11 Å². The van der Waals surface area contributed by atoms with E-state index in [2.05, 4.69) is 31.3 Å². The van der Waals surface area contributed by atoms with E-state index in [0.29, 0.717) is 5.41 Å². The Morgan fingerprint density at radius 2 is 1.88 bits per heavy atom. The fraction of sp³-hybridized carbons (Fsp3) is 0.571. The highest BCUT2D eigenvalue weighted by Gasteiger charge is 2.42. The molecule has 2 N–H and O–H groups in total. The van der Waals surface area contributed by atoms with Gasteiger partial charge in [-0.2, -0.15) is 0 Å². The molecule has 0 aliphatic heterocycles. The van der Waals surface area contributed by atoms with Crippen LogP contribution in [0.5, 0.6) is 0 Å². The number of rotatable bonds is 3. The lowest BCUT2D eigenvalue weighted by Gasteiger charge is -2.31. The third-order valence-electron chi connectivity index (χ3n) is 3.58. The van der Waals surface area contributed by atoms with E-state index >= 15 is 0 Å². The maximum absolute atomic E-state index is 9.65. The number of hydrogen-bond acceptors (Lipinski definition) is 2. The van der Waals surface area contributed by atoms with Crippen molar-refractivity contribution in [3.05, 3.63) is 30.3 Å². The first-order chi connectivity index (χ1) is 7.55. The summed E-state index contributed by atoms with van der Waals surface area (Å²) in [5.41, 5.74) is 1.32. The van der Waals surface area contributed by atoms with Gasteiger partial charge in [0.1, 0.15) is 0 Å². The van der Waals surface area contributed by atoms with Gasteiger partial charge in [0.2, 0.25) is 0 Å². The predicted octanol–water partition coefficient (Wildman–Crippen LogP) is 3.04. The van der Waals surface area contributed by atoms with Gasteiger partial charge in [0.25, 0.3) is 0 Å². The van der Waals surface area contributed by atoms with Crippen LogP contribution in [-0.2, 0) is 0 Å². The Labute approximate surface area is 97.7 Å².